The van der Waals surface area contributed by atoms with Gasteiger partial charge in [-0.1, -0.05) is 6.92 Å². The van der Waals surface area contributed by atoms with Crippen molar-refractivity contribution in [2.24, 2.45) is 5.92 Å². The first-order chi connectivity index (χ1) is 14.7. The zero-order chi connectivity index (χ0) is 20.8. The Balaban J connectivity index is 1.26. The van der Waals surface area contributed by atoms with Crippen LogP contribution in [0.25, 0.3) is 0 Å². The molecule has 8 nitrogen and oxygen atoms in total. The van der Waals surface area contributed by atoms with Crippen molar-refractivity contribution >= 4 is 17.4 Å². The first-order valence-corrected chi connectivity index (χ1v) is 10.8. The van der Waals surface area contributed by atoms with Crippen LogP contribution in [0.3, 0.4) is 0 Å². The Labute approximate surface area is 177 Å². The van der Waals surface area contributed by atoms with E-state index in [1.165, 1.54) is 0 Å². The Bertz CT molecular complexity index is 802. The maximum Gasteiger partial charge on any atom is 0.226 e. The SMILES string of the molecule is CC(CN1CCOCC1)C(=O)N1CCC(c2ccc(Nc3cnccn3)cn2)CC1. The second kappa shape index (κ2) is 9.95. The zero-order valence-electron chi connectivity index (χ0n) is 17.5. The third-order valence-corrected chi connectivity index (χ3v) is 5.90. The van der Waals surface area contributed by atoms with Crippen LogP contribution in [-0.4, -0.2) is 76.6 Å². The van der Waals surface area contributed by atoms with E-state index in [0.717, 1.165) is 70.2 Å². The van der Waals surface area contributed by atoms with Crippen LogP contribution < -0.4 is 5.32 Å². The van der Waals surface area contributed by atoms with Gasteiger partial charge in [-0.05, 0) is 25.0 Å². The molecule has 0 aromatic carbocycles. The Morgan fingerprint density at radius 1 is 1.13 bits per heavy atom. The maximum atomic E-state index is 12.9. The topological polar surface area (TPSA) is 83.5 Å². The van der Waals surface area contributed by atoms with Crippen molar-refractivity contribution in [2.75, 3.05) is 51.3 Å². The van der Waals surface area contributed by atoms with Gasteiger partial charge in [0.1, 0.15) is 5.82 Å². The number of rotatable bonds is 6. The van der Waals surface area contributed by atoms with E-state index in [0.29, 0.717) is 11.7 Å². The van der Waals surface area contributed by atoms with Crippen molar-refractivity contribution in [3.8, 4) is 0 Å². The average Bonchev–Trinajstić information content (AvgIpc) is 2.80. The van der Waals surface area contributed by atoms with Gasteiger partial charge in [-0.3, -0.25) is 19.7 Å². The van der Waals surface area contributed by atoms with E-state index in [2.05, 4.69) is 31.2 Å². The summed E-state index contributed by atoms with van der Waals surface area (Å²) in [4.78, 5) is 30.1. The molecule has 1 N–H and O–H groups in total. The van der Waals surface area contributed by atoms with Crippen molar-refractivity contribution in [3.05, 3.63) is 42.6 Å². The molecule has 2 fully saturated rings. The molecule has 2 aromatic rings. The summed E-state index contributed by atoms with van der Waals surface area (Å²) in [6.07, 6.45) is 8.74. The van der Waals surface area contributed by atoms with Gasteiger partial charge in [-0.15, -0.1) is 0 Å². The molecule has 1 unspecified atom stereocenters. The lowest BCUT2D eigenvalue weighted by molar-refractivity contribution is -0.137. The molecule has 2 saturated heterocycles. The first-order valence-electron chi connectivity index (χ1n) is 10.8. The highest BCUT2D eigenvalue weighted by Gasteiger charge is 2.28. The number of likely N-dealkylation sites (tertiary alicyclic amines) is 1. The second-order valence-electron chi connectivity index (χ2n) is 8.10. The summed E-state index contributed by atoms with van der Waals surface area (Å²) in [6, 6.07) is 4.10. The molecule has 2 aliphatic heterocycles. The number of aromatic nitrogens is 3. The summed E-state index contributed by atoms with van der Waals surface area (Å²) in [5.74, 6) is 1.40. The monoisotopic (exact) mass is 410 g/mol. The number of anilines is 2. The highest BCUT2D eigenvalue weighted by molar-refractivity contribution is 5.78. The molecule has 0 radical (unpaired) electrons. The summed E-state index contributed by atoms with van der Waals surface area (Å²) >= 11 is 0. The molecule has 0 aliphatic carbocycles. The van der Waals surface area contributed by atoms with Gasteiger partial charge in [0, 0.05) is 62.6 Å². The third-order valence-electron chi connectivity index (χ3n) is 5.90. The number of carbonyl (C=O) groups is 1. The van der Waals surface area contributed by atoms with E-state index in [1.54, 1.807) is 18.6 Å². The van der Waals surface area contributed by atoms with E-state index in [1.807, 2.05) is 24.1 Å². The number of hydrogen-bond acceptors (Lipinski definition) is 7. The van der Waals surface area contributed by atoms with Crippen LogP contribution in [0.5, 0.6) is 0 Å². The summed E-state index contributed by atoms with van der Waals surface area (Å²) in [7, 11) is 0. The van der Waals surface area contributed by atoms with E-state index in [-0.39, 0.29) is 11.8 Å². The molecule has 4 rings (SSSR count). The van der Waals surface area contributed by atoms with Gasteiger partial charge < -0.3 is 15.0 Å². The number of morpholine rings is 1. The van der Waals surface area contributed by atoms with Gasteiger partial charge in [0.15, 0.2) is 0 Å². The molecule has 160 valence electrons. The lowest BCUT2D eigenvalue weighted by Crippen LogP contribution is -2.46. The Morgan fingerprint density at radius 3 is 2.60 bits per heavy atom. The molecule has 0 saturated carbocycles. The van der Waals surface area contributed by atoms with Crippen LogP contribution in [0.1, 0.15) is 31.4 Å². The number of nitrogens with zero attached hydrogens (tertiary/aromatic N) is 5. The number of pyridine rings is 1. The smallest absolute Gasteiger partial charge is 0.226 e. The van der Waals surface area contributed by atoms with Gasteiger partial charge in [0.05, 0.1) is 31.3 Å². The van der Waals surface area contributed by atoms with Crippen LogP contribution >= 0.6 is 0 Å². The lowest BCUT2D eigenvalue weighted by Gasteiger charge is -2.35. The van der Waals surface area contributed by atoms with E-state index in [9.17, 15) is 4.79 Å². The van der Waals surface area contributed by atoms with Crippen molar-refractivity contribution < 1.29 is 9.53 Å². The molecule has 1 atom stereocenters. The summed E-state index contributed by atoms with van der Waals surface area (Å²) in [6.45, 7) is 7.87. The summed E-state index contributed by atoms with van der Waals surface area (Å²) < 4.78 is 5.40. The van der Waals surface area contributed by atoms with E-state index < -0.39 is 0 Å². The number of nitrogens with one attached hydrogen (secondary N) is 1. The molecule has 2 aliphatic rings. The van der Waals surface area contributed by atoms with Gasteiger partial charge in [-0.2, -0.15) is 0 Å². The third kappa shape index (κ3) is 5.31. The van der Waals surface area contributed by atoms with Crippen LogP contribution in [-0.2, 0) is 9.53 Å². The molecular formula is C22H30N6O2. The molecule has 8 heteroatoms. The highest BCUT2D eigenvalue weighted by Crippen LogP contribution is 2.28. The molecular weight excluding hydrogens is 380 g/mol. The van der Waals surface area contributed by atoms with Crippen LogP contribution in [0.2, 0.25) is 0 Å². The van der Waals surface area contributed by atoms with Crippen molar-refractivity contribution in [1.82, 2.24) is 24.8 Å². The summed E-state index contributed by atoms with van der Waals surface area (Å²) in [5.41, 5.74) is 1.98. The largest absolute Gasteiger partial charge is 0.379 e. The Kier molecular flexibility index (Phi) is 6.86. The van der Waals surface area contributed by atoms with Crippen molar-refractivity contribution in [1.29, 1.82) is 0 Å². The maximum absolute atomic E-state index is 12.9. The van der Waals surface area contributed by atoms with Crippen LogP contribution in [0.4, 0.5) is 11.5 Å². The minimum absolute atomic E-state index is 0.0317. The Hall–Kier alpha value is -2.58. The molecule has 4 heterocycles. The molecule has 1 amide bonds. The zero-order valence-corrected chi connectivity index (χ0v) is 17.5. The van der Waals surface area contributed by atoms with E-state index >= 15 is 0 Å². The lowest BCUT2D eigenvalue weighted by atomic mass is 9.92. The molecule has 0 spiro atoms. The summed E-state index contributed by atoms with van der Waals surface area (Å²) in [5, 5.41) is 3.20. The molecule has 2 aromatic heterocycles. The standard InChI is InChI=1S/C22H30N6O2/c1-17(16-27-10-12-30-13-11-27)22(29)28-8-4-18(5-9-28)20-3-2-19(14-25-20)26-21-15-23-6-7-24-21/h2-3,6-7,14-15,17-18H,4-5,8-13,16H2,1H3,(H,24,26). The minimum atomic E-state index is 0.0317. The van der Waals surface area contributed by atoms with Gasteiger partial charge in [0.25, 0.3) is 0 Å². The molecule has 0 bridgehead atoms. The number of ether oxygens (including phenoxy) is 1. The second-order valence-corrected chi connectivity index (χ2v) is 8.10. The number of amides is 1. The fourth-order valence-electron chi connectivity index (χ4n) is 4.19. The number of carbonyl (C=O) groups excluding carboxylic acids is 1. The predicted octanol–water partition coefficient (Wildman–Crippen LogP) is 2.29. The van der Waals surface area contributed by atoms with Crippen molar-refractivity contribution in [2.45, 2.75) is 25.7 Å². The van der Waals surface area contributed by atoms with E-state index in [4.69, 9.17) is 4.74 Å². The normalized spacial score (nSPS) is 19.4. The quantitative estimate of drug-likeness (QED) is 0.782. The predicted molar refractivity (Wildman–Crippen MR) is 115 cm³/mol. The highest BCUT2D eigenvalue weighted by atomic mass is 16.5. The van der Waals surface area contributed by atoms with Crippen LogP contribution in [0, 0.1) is 5.92 Å². The number of piperidine rings is 1. The fraction of sp³-hybridized carbons (Fsp3) is 0.545. The van der Waals surface area contributed by atoms with Gasteiger partial charge in [0.2, 0.25) is 5.91 Å². The molecule has 30 heavy (non-hydrogen) atoms. The van der Waals surface area contributed by atoms with Crippen molar-refractivity contribution in [3.63, 3.8) is 0 Å². The minimum Gasteiger partial charge on any atom is -0.379 e. The first kappa shape index (κ1) is 20.7. The van der Waals surface area contributed by atoms with Crippen LogP contribution in [0.15, 0.2) is 36.9 Å². The van der Waals surface area contributed by atoms with Gasteiger partial charge in [-0.25, -0.2) is 4.98 Å². The van der Waals surface area contributed by atoms with Gasteiger partial charge >= 0.3 is 0 Å². The Morgan fingerprint density at radius 2 is 1.93 bits per heavy atom. The fourth-order valence-corrected chi connectivity index (χ4v) is 4.19. The average molecular weight is 411 g/mol. The number of hydrogen-bond donors (Lipinski definition) is 1.